The molecule has 0 aromatic heterocycles. The molecule has 32 heavy (non-hydrogen) atoms. The zero-order valence-corrected chi connectivity index (χ0v) is 17.2. The van der Waals surface area contributed by atoms with Crippen molar-refractivity contribution in [3.63, 3.8) is 0 Å². The number of halogens is 2. The van der Waals surface area contributed by atoms with Crippen LogP contribution in [0.2, 0.25) is 0 Å². The number of anilines is 2. The summed E-state index contributed by atoms with van der Waals surface area (Å²) < 4.78 is 37.8. The average Bonchev–Trinajstić information content (AvgIpc) is 3.03. The number of benzene rings is 3. The van der Waals surface area contributed by atoms with Crippen LogP contribution in [0.5, 0.6) is 11.5 Å². The molecule has 0 unspecified atom stereocenters. The quantitative estimate of drug-likeness (QED) is 0.581. The second kappa shape index (κ2) is 8.50. The molecule has 8 heteroatoms. The van der Waals surface area contributed by atoms with Gasteiger partial charge in [0.25, 0.3) is 11.8 Å². The number of carbonyl (C=O) groups excluding carboxylic acids is 2. The molecule has 0 fully saturated rings. The van der Waals surface area contributed by atoms with E-state index >= 15 is 0 Å². The number of imide groups is 1. The number of rotatable bonds is 6. The fourth-order valence-corrected chi connectivity index (χ4v) is 3.44. The van der Waals surface area contributed by atoms with Crippen molar-refractivity contribution in [2.45, 2.75) is 0 Å². The van der Waals surface area contributed by atoms with E-state index in [1.165, 1.54) is 56.7 Å². The molecule has 3 aromatic rings. The van der Waals surface area contributed by atoms with Crippen LogP contribution in [0, 0.1) is 11.6 Å². The molecule has 1 N–H and O–H groups in total. The Bertz CT molecular complexity index is 1240. The highest BCUT2D eigenvalue weighted by Gasteiger charge is 2.40. The van der Waals surface area contributed by atoms with Crippen LogP contribution in [0.25, 0.3) is 5.57 Å². The monoisotopic (exact) mass is 436 g/mol. The van der Waals surface area contributed by atoms with E-state index in [1.54, 1.807) is 18.2 Å². The highest BCUT2D eigenvalue weighted by Crippen LogP contribution is 2.36. The first-order valence-electron chi connectivity index (χ1n) is 9.56. The van der Waals surface area contributed by atoms with E-state index < -0.39 is 23.4 Å². The maximum atomic E-state index is 13.8. The van der Waals surface area contributed by atoms with E-state index in [0.29, 0.717) is 22.7 Å². The van der Waals surface area contributed by atoms with Gasteiger partial charge in [0.2, 0.25) is 0 Å². The summed E-state index contributed by atoms with van der Waals surface area (Å²) in [4.78, 5) is 27.5. The SMILES string of the molecule is COc1ccc(NC2=C(c3ccc(F)cc3)C(=O)N(c3cccc(F)c3)C2=O)cc1OC. The van der Waals surface area contributed by atoms with Crippen molar-refractivity contribution >= 4 is 28.8 Å². The van der Waals surface area contributed by atoms with Crippen LogP contribution in [-0.2, 0) is 9.59 Å². The standard InChI is InChI=1S/C24H18F2N2O4/c1-31-19-11-10-17(13-20(19)32-2)27-22-21(14-6-8-15(25)9-7-14)23(29)28(24(22)30)18-5-3-4-16(26)12-18/h3-13,27H,1-2H3. The van der Waals surface area contributed by atoms with Crippen LogP contribution in [0.4, 0.5) is 20.2 Å². The van der Waals surface area contributed by atoms with Gasteiger partial charge in [0.1, 0.15) is 17.3 Å². The van der Waals surface area contributed by atoms with Crippen LogP contribution < -0.4 is 19.7 Å². The molecule has 0 atom stereocenters. The number of hydrogen-bond donors (Lipinski definition) is 1. The summed E-state index contributed by atoms with van der Waals surface area (Å²) in [6.07, 6.45) is 0. The van der Waals surface area contributed by atoms with Crippen LogP contribution in [0.15, 0.2) is 72.4 Å². The minimum absolute atomic E-state index is 0.0295. The highest BCUT2D eigenvalue weighted by atomic mass is 19.1. The fourth-order valence-electron chi connectivity index (χ4n) is 3.44. The second-order valence-electron chi connectivity index (χ2n) is 6.88. The Kier molecular flexibility index (Phi) is 5.59. The fraction of sp³-hybridized carbons (Fsp3) is 0.0833. The van der Waals surface area contributed by atoms with Crippen molar-refractivity contribution in [3.8, 4) is 11.5 Å². The Balaban J connectivity index is 1.81. The number of ether oxygens (including phenoxy) is 2. The van der Waals surface area contributed by atoms with Gasteiger partial charge in [-0.3, -0.25) is 9.59 Å². The Morgan fingerprint density at radius 2 is 1.50 bits per heavy atom. The Labute approximate surface area is 182 Å². The van der Waals surface area contributed by atoms with Gasteiger partial charge in [-0.25, -0.2) is 13.7 Å². The zero-order chi connectivity index (χ0) is 22.8. The minimum atomic E-state index is -0.672. The molecule has 162 valence electrons. The molecule has 2 amide bonds. The van der Waals surface area contributed by atoms with E-state index in [4.69, 9.17) is 9.47 Å². The van der Waals surface area contributed by atoms with Gasteiger partial charge in [-0.15, -0.1) is 0 Å². The van der Waals surface area contributed by atoms with Crippen LogP contribution in [-0.4, -0.2) is 26.0 Å². The summed E-state index contributed by atoms with van der Waals surface area (Å²) >= 11 is 0. The predicted octanol–water partition coefficient (Wildman–Crippen LogP) is 4.38. The molecule has 0 bridgehead atoms. The van der Waals surface area contributed by atoms with Crippen molar-refractivity contribution in [1.82, 2.24) is 0 Å². The molecule has 3 aromatic carbocycles. The van der Waals surface area contributed by atoms with E-state index in [2.05, 4.69) is 5.32 Å². The predicted molar refractivity (Wildman–Crippen MR) is 115 cm³/mol. The maximum Gasteiger partial charge on any atom is 0.282 e. The largest absolute Gasteiger partial charge is 0.493 e. The summed E-state index contributed by atoms with van der Waals surface area (Å²) in [6.45, 7) is 0. The zero-order valence-electron chi connectivity index (χ0n) is 17.2. The Morgan fingerprint density at radius 3 is 2.16 bits per heavy atom. The van der Waals surface area contributed by atoms with E-state index in [-0.39, 0.29) is 17.0 Å². The first kappa shape index (κ1) is 21.0. The first-order valence-corrected chi connectivity index (χ1v) is 9.56. The van der Waals surface area contributed by atoms with Gasteiger partial charge < -0.3 is 14.8 Å². The van der Waals surface area contributed by atoms with Gasteiger partial charge in [0, 0.05) is 11.8 Å². The van der Waals surface area contributed by atoms with Crippen molar-refractivity contribution in [2.24, 2.45) is 0 Å². The summed E-state index contributed by atoms with van der Waals surface area (Å²) in [5.74, 6) is -1.50. The molecular weight excluding hydrogens is 418 g/mol. The van der Waals surface area contributed by atoms with Gasteiger partial charge in [-0.05, 0) is 48.0 Å². The van der Waals surface area contributed by atoms with Crippen LogP contribution >= 0.6 is 0 Å². The first-order chi connectivity index (χ1) is 15.4. The van der Waals surface area contributed by atoms with Crippen molar-refractivity contribution in [1.29, 1.82) is 0 Å². The van der Waals surface area contributed by atoms with E-state index in [9.17, 15) is 18.4 Å². The third kappa shape index (κ3) is 3.78. The summed E-state index contributed by atoms with van der Waals surface area (Å²) in [7, 11) is 2.97. The third-order valence-electron chi connectivity index (χ3n) is 4.94. The minimum Gasteiger partial charge on any atom is -0.493 e. The molecule has 0 spiro atoms. The lowest BCUT2D eigenvalue weighted by Gasteiger charge is -2.15. The molecular formula is C24H18F2N2O4. The Morgan fingerprint density at radius 1 is 0.781 bits per heavy atom. The lowest BCUT2D eigenvalue weighted by molar-refractivity contribution is -0.120. The van der Waals surface area contributed by atoms with Gasteiger partial charge in [0.15, 0.2) is 11.5 Å². The summed E-state index contributed by atoms with van der Waals surface area (Å²) in [6, 6.07) is 15.3. The average molecular weight is 436 g/mol. The van der Waals surface area contributed by atoms with Crippen LogP contribution in [0.1, 0.15) is 5.56 Å². The molecule has 1 aliphatic heterocycles. The van der Waals surface area contributed by atoms with E-state index in [1.807, 2.05) is 0 Å². The third-order valence-corrected chi connectivity index (χ3v) is 4.94. The molecule has 6 nitrogen and oxygen atoms in total. The number of methoxy groups -OCH3 is 2. The molecule has 0 aliphatic carbocycles. The molecule has 0 saturated heterocycles. The van der Waals surface area contributed by atoms with Crippen molar-refractivity contribution in [2.75, 3.05) is 24.4 Å². The van der Waals surface area contributed by atoms with Crippen molar-refractivity contribution < 1.29 is 27.8 Å². The number of nitrogens with zero attached hydrogens (tertiary/aromatic N) is 1. The van der Waals surface area contributed by atoms with Gasteiger partial charge in [-0.1, -0.05) is 18.2 Å². The highest BCUT2D eigenvalue weighted by molar-refractivity contribution is 6.46. The number of hydrogen-bond acceptors (Lipinski definition) is 5. The van der Waals surface area contributed by atoms with Crippen molar-refractivity contribution in [3.05, 3.63) is 89.6 Å². The van der Waals surface area contributed by atoms with Gasteiger partial charge >= 0.3 is 0 Å². The molecule has 0 radical (unpaired) electrons. The lowest BCUT2D eigenvalue weighted by Crippen LogP contribution is -2.32. The van der Waals surface area contributed by atoms with Gasteiger partial charge in [-0.2, -0.15) is 0 Å². The second-order valence-corrected chi connectivity index (χ2v) is 6.88. The van der Waals surface area contributed by atoms with Crippen LogP contribution in [0.3, 0.4) is 0 Å². The number of nitrogens with one attached hydrogen (secondary N) is 1. The smallest absolute Gasteiger partial charge is 0.282 e. The van der Waals surface area contributed by atoms with E-state index in [0.717, 1.165) is 11.0 Å². The summed E-state index contributed by atoms with van der Waals surface area (Å²) in [5, 5.41) is 2.97. The molecule has 0 saturated carbocycles. The maximum absolute atomic E-state index is 13.8. The number of carbonyl (C=O) groups is 2. The molecule has 4 rings (SSSR count). The molecule has 1 heterocycles. The Hall–Kier alpha value is -4.20. The normalized spacial score (nSPS) is 13.6. The number of amides is 2. The lowest BCUT2D eigenvalue weighted by atomic mass is 10.0. The molecule has 1 aliphatic rings. The van der Waals surface area contributed by atoms with Gasteiger partial charge in [0.05, 0.1) is 25.5 Å². The topological polar surface area (TPSA) is 67.9 Å². The summed E-state index contributed by atoms with van der Waals surface area (Å²) in [5.41, 5.74) is 0.891.